The Balaban J connectivity index is 2.45. The van der Waals surface area contributed by atoms with Crippen LogP contribution in [0.3, 0.4) is 0 Å². The first-order valence-electron chi connectivity index (χ1n) is 4.80. The van der Waals surface area contributed by atoms with Gasteiger partial charge in [0.25, 0.3) is 0 Å². The van der Waals surface area contributed by atoms with Crippen LogP contribution >= 0.6 is 0 Å². The molecular formula is C10H13N5. The second kappa shape index (κ2) is 3.68. The molecule has 0 fully saturated rings. The topological polar surface area (TPSA) is 69.6 Å². The molecule has 2 N–H and O–H groups in total. The molecule has 0 amide bonds. The van der Waals surface area contributed by atoms with E-state index in [0.717, 1.165) is 11.4 Å². The molecule has 0 aromatic carbocycles. The van der Waals surface area contributed by atoms with Crippen LogP contribution in [-0.2, 0) is 0 Å². The molecule has 2 rings (SSSR count). The van der Waals surface area contributed by atoms with Gasteiger partial charge >= 0.3 is 0 Å². The Bertz CT molecular complexity index is 443. The highest BCUT2D eigenvalue weighted by Crippen LogP contribution is 2.19. The predicted molar refractivity (Wildman–Crippen MR) is 58.1 cm³/mol. The van der Waals surface area contributed by atoms with Crippen molar-refractivity contribution >= 4 is 5.82 Å². The monoisotopic (exact) mass is 203 g/mol. The van der Waals surface area contributed by atoms with Gasteiger partial charge in [-0.25, -0.2) is 4.98 Å². The van der Waals surface area contributed by atoms with Gasteiger partial charge in [0.2, 0.25) is 0 Å². The summed E-state index contributed by atoms with van der Waals surface area (Å²) >= 11 is 0. The summed E-state index contributed by atoms with van der Waals surface area (Å²) in [5, 5.41) is 7.97. The van der Waals surface area contributed by atoms with E-state index in [9.17, 15) is 0 Å². The van der Waals surface area contributed by atoms with Crippen LogP contribution < -0.4 is 5.73 Å². The number of nitrogens with two attached hydrogens (primary N) is 1. The zero-order valence-corrected chi connectivity index (χ0v) is 8.75. The minimum atomic E-state index is 0.326. The molecule has 0 aliphatic carbocycles. The molecule has 2 aromatic rings. The van der Waals surface area contributed by atoms with Crippen molar-refractivity contribution < 1.29 is 0 Å². The fraction of sp³-hybridized carbons (Fsp3) is 0.300. The normalized spacial score (nSPS) is 10.9. The average molecular weight is 203 g/mol. The van der Waals surface area contributed by atoms with Gasteiger partial charge in [-0.3, -0.25) is 0 Å². The highest BCUT2D eigenvalue weighted by Gasteiger charge is 2.09. The minimum Gasteiger partial charge on any atom is -0.384 e. The molecule has 0 radical (unpaired) electrons. The fourth-order valence-electron chi connectivity index (χ4n) is 1.36. The Morgan fingerprint density at radius 1 is 1.33 bits per heavy atom. The third-order valence-electron chi connectivity index (χ3n) is 2.17. The van der Waals surface area contributed by atoms with Gasteiger partial charge in [0.05, 0.1) is 0 Å². The molecule has 0 saturated carbocycles. The van der Waals surface area contributed by atoms with Crippen LogP contribution in [0.1, 0.15) is 19.9 Å². The number of hydrogen-bond donors (Lipinski definition) is 1. The van der Waals surface area contributed by atoms with Crippen molar-refractivity contribution in [3.05, 3.63) is 24.7 Å². The van der Waals surface area contributed by atoms with Crippen LogP contribution in [0.25, 0.3) is 11.4 Å². The molecule has 0 bridgehead atoms. The van der Waals surface area contributed by atoms with E-state index in [1.54, 1.807) is 18.6 Å². The standard InChI is InChI=1S/C10H13N5/c1-7(2)15-6-13-14-10(15)8-3-4-9(11)12-5-8/h3-7H,1-2H3,(H2,11,12). The summed E-state index contributed by atoms with van der Waals surface area (Å²) in [5.41, 5.74) is 6.45. The highest BCUT2D eigenvalue weighted by molar-refractivity contribution is 5.55. The van der Waals surface area contributed by atoms with E-state index in [1.807, 2.05) is 10.6 Å². The number of rotatable bonds is 2. The lowest BCUT2D eigenvalue weighted by molar-refractivity contribution is 0.604. The summed E-state index contributed by atoms with van der Waals surface area (Å²) < 4.78 is 1.99. The van der Waals surface area contributed by atoms with Crippen LogP contribution in [0.2, 0.25) is 0 Å². The van der Waals surface area contributed by atoms with E-state index in [-0.39, 0.29) is 0 Å². The lowest BCUT2D eigenvalue weighted by Gasteiger charge is -2.09. The maximum Gasteiger partial charge on any atom is 0.165 e. The van der Waals surface area contributed by atoms with Crippen LogP contribution in [-0.4, -0.2) is 19.7 Å². The molecule has 2 aromatic heterocycles. The molecule has 78 valence electrons. The lowest BCUT2D eigenvalue weighted by Crippen LogP contribution is -2.02. The highest BCUT2D eigenvalue weighted by atomic mass is 15.3. The van der Waals surface area contributed by atoms with Crippen molar-refractivity contribution in [3.63, 3.8) is 0 Å². The summed E-state index contributed by atoms with van der Waals surface area (Å²) in [6, 6.07) is 3.98. The maximum absolute atomic E-state index is 5.52. The van der Waals surface area contributed by atoms with Crippen molar-refractivity contribution in [2.45, 2.75) is 19.9 Å². The number of nitrogen functional groups attached to an aromatic ring is 1. The third-order valence-corrected chi connectivity index (χ3v) is 2.17. The molecule has 5 heteroatoms. The van der Waals surface area contributed by atoms with Gasteiger partial charge in [0.1, 0.15) is 12.1 Å². The van der Waals surface area contributed by atoms with Gasteiger partial charge in [-0.1, -0.05) is 0 Å². The second-order valence-electron chi connectivity index (χ2n) is 3.63. The summed E-state index contributed by atoms with van der Waals surface area (Å²) in [5.74, 6) is 1.33. The van der Waals surface area contributed by atoms with Gasteiger partial charge in [0, 0.05) is 17.8 Å². The Kier molecular flexibility index (Phi) is 2.37. The zero-order chi connectivity index (χ0) is 10.8. The quantitative estimate of drug-likeness (QED) is 0.803. The van der Waals surface area contributed by atoms with E-state index in [4.69, 9.17) is 5.73 Å². The molecule has 15 heavy (non-hydrogen) atoms. The number of hydrogen-bond acceptors (Lipinski definition) is 4. The lowest BCUT2D eigenvalue weighted by atomic mass is 10.2. The van der Waals surface area contributed by atoms with Crippen LogP contribution in [0.5, 0.6) is 0 Å². The SMILES string of the molecule is CC(C)n1cnnc1-c1ccc(N)nc1. The number of nitrogens with zero attached hydrogens (tertiary/aromatic N) is 4. The molecule has 0 atom stereocenters. The second-order valence-corrected chi connectivity index (χ2v) is 3.63. The van der Waals surface area contributed by atoms with E-state index in [0.29, 0.717) is 11.9 Å². The number of pyridine rings is 1. The van der Waals surface area contributed by atoms with E-state index >= 15 is 0 Å². The summed E-state index contributed by atoms with van der Waals surface area (Å²) in [6.45, 7) is 4.16. The van der Waals surface area contributed by atoms with E-state index in [2.05, 4.69) is 29.0 Å². The first kappa shape index (κ1) is 9.64. The molecule has 5 nitrogen and oxygen atoms in total. The van der Waals surface area contributed by atoms with Crippen molar-refractivity contribution in [3.8, 4) is 11.4 Å². The molecule has 0 saturated heterocycles. The van der Waals surface area contributed by atoms with Gasteiger partial charge in [-0.05, 0) is 26.0 Å². The minimum absolute atomic E-state index is 0.326. The molecule has 2 heterocycles. The first-order valence-corrected chi connectivity index (χ1v) is 4.80. The van der Waals surface area contributed by atoms with E-state index < -0.39 is 0 Å². The fourth-order valence-corrected chi connectivity index (χ4v) is 1.36. The largest absolute Gasteiger partial charge is 0.384 e. The van der Waals surface area contributed by atoms with Crippen LogP contribution in [0.4, 0.5) is 5.82 Å². The Hall–Kier alpha value is -1.91. The van der Waals surface area contributed by atoms with Crippen molar-refractivity contribution in [1.82, 2.24) is 19.7 Å². The zero-order valence-electron chi connectivity index (χ0n) is 8.75. The van der Waals surface area contributed by atoms with Crippen LogP contribution in [0.15, 0.2) is 24.7 Å². The molecule has 0 aliphatic heterocycles. The average Bonchev–Trinajstić information content (AvgIpc) is 2.67. The Labute approximate surface area is 88.0 Å². The maximum atomic E-state index is 5.52. The summed E-state index contributed by atoms with van der Waals surface area (Å²) in [6.07, 6.45) is 3.43. The van der Waals surface area contributed by atoms with Gasteiger partial charge < -0.3 is 10.3 Å². The molecule has 0 aliphatic rings. The summed E-state index contributed by atoms with van der Waals surface area (Å²) in [7, 11) is 0. The van der Waals surface area contributed by atoms with Crippen molar-refractivity contribution in [1.29, 1.82) is 0 Å². The van der Waals surface area contributed by atoms with Crippen molar-refractivity contribution in [2.24, 2.45) is 0 Å². The summed E-state index contributed by atoms with van der Waals surface area (Å²) in [4.78, 5) is 4.03. The predicted octanol–water partition coefficient (Wildman–Crippen LogP) is 1.50. The molecule has 0 unspecified atom stereocenters. The number of anilines is 1. The van der Waals surface area contributed by atoms with Gasteiger partial charge in [0.15, 0.2) is 5.82 Å². The number of aromatic nitrogens is 4. The van der Waals surface area contributed by atoms with Crippen LogP contribution in [0, 0.1) is 0 Å². The first-order chi connectivity index (χ1) is 7.18. The van der Waals surface area contributed by atoms with Gasteiger partial charge in [-0.15, -0.1) is 10.2 Å². The Morgan fingerprint density at radius 3 is 2.73 bits per heavy atom. The Morgan fingerprint density at radius 2 is 2.13 bits per heavy atom. The molecular weight excluding hydrogens is 190 g/mol. The third kappa shape index (κ3) is 1.81. The van der Waals surface area contributed by atoms with Gasteiger partial charge in [-0.2, -0.15) is 0 Å². The van der Waals surface area contributed by atoms with Crippen molar-refractivity contribution in [2.75, 3.05) is 5.73 Å². The molecule has 0 spiro atoms. The van der Waals surface area contributed by atoms with E-state index in [1.165, 1.54) is 0 Å². The smallest absolute Gasteiger partial charge is 0.165 e.